The van der Waals surface area contributed by atoms with Gasteiger partial charge < -0.3 is 10.1 Å². The molecule has 1 saturated heterocycles. The first-order valence-electron chi connectivity index (χ1n) is 13.2. The predicted molar refractivity (Wildman–Crippen MR) is 153 cm³/mol. The van der Waals surface area contributed by atoms with Crippen molar-refractivity contribution in [3.05, 3.63) is 99.8 Å². The van der Waals surface area contributed by atoms with Crippen molar-refractivity contribution in [2.24, 2.45) is 0 Å². The van der Waals surface area contributed by atoms with Crippen LogP contribution in [-0.2, 0) is 17.5 Å². The van der Waals surface area contributed by atoms with Gasteiger partial charge in [0.1, 0.15) is 12.0 Å². The van der Waals surface area contributed by atoms with Gasteiger partial charge in [-0.2, -0.15) is 18.2 Å². The molecule has 12 heteroatoms. The average molecular weight is 593 g/mol. The molecule has 0 atom stereocenters. The summed E-state index contributed by atoms with van der Waals surface area (Å²) in [6.45, 7) is 0.845. The SMILES string of the molecule is O=c1c(-c2ccc(-c3ccncn3)cc2Cl)cc2cnc(NC3CCOCC3)nc2n1Cc1ccccc1C(F)(F)F. The van der Waals surface area contributed by atoms with Gasteiger partial charge in [0.2, 0.25) is 5.95 Å². The number of halogens is 4. The van der Waals surface area contributed by atoms with Crippen LogP contribution in [0, 0.1) is 0 Å². The Morgan fingerprint density at radius 1 is 1.02 bits per heavy atom. The number of fused-ring (bicyclic) bond motifs is 1. The molecule has 0 saturated carbocycles. The van der Waals surface area contributed by atoms with Gasteiger partial charge in [-0.1, -0.05) is 41.9 Å². The normalized spacial score (nSPS) is 14.3. The van der Waals surface area contributed by atoms with Gasteiger partial charge in [-0.25, -0.2) is 15.0 Å². The van der Waals surface area contributed by atoms with Crippen LogP contribution in [0.25, 0.3) is 33.4 Å². The predicted octanol–water partition coefficient (Wildman–Crippen LogP) is 6.23. The standard InChI is InChI=1S/C30H24ClF3N6O2/c31-25-14-18(26-7-10-35-17-37-26)5-6-22(25)23-13-20-15-36-29(38-21-8-11-42-12-9-21)39-27(20)40(28(23)41)16-19-3-1-2-4-24(19)30(32,33)34/h1-7,10,13-15,17,21H,8-9,11-12,16H2,(H,36,38,39). The number of ether oxygens (including phenoxy) is 1. The number of hydrogen-bond donors (Lipinski definition) is 1. The van der Waals surface area contributed by atoms with Crippen molar-refractivity contribution in [2.45, 2.75) is 31.6 Å². The smallest absolute Gasteiger partial charge is 0.381 e. The van der Waals surface area contributed by atoms with Crippen LogP contribution in [0.2, 0.25) is 5.02 Å². The minimum absolute atomic E-state index is 0.0618. The zero-order valence-corrected chi connectivity index (χ0v) is 22.9. The Balaban J connectivity index is 1.49. The second-order valence-corrected chi connectivity index (χ2v) is 10.3. The monoisotopic (exact) mass is 592 g/mol. The van der Waals surface area contributed by atoms with E-state index >= 15 is 0 Å². The fourth-order valence-corrected chi connectivity index (χ4v) is 5.33. The van der Waals surface area contributed by atoms with E-state index in [4.69, 9.17) is 16.3 Å². The molecule has 8 nitrogen and oxygen atoms in total. The van der Waals surface area contributed by atoms with Gasteiger partial charge >= 0.3 is 6.18 Å². The molecule has 1 aliphatic rings. The molecule has 0 bridgehead atoms. The third-order valence-electron chi connectivity index (χ3n) is 7.17. The molecule has 42 heavy (non-hydrogen) atoms. The first-order chi connectivity index (χ1) is 20.3. The van der Waals surface area contributed by atoms with Crippen molar-refractivity contribution in [3.63, 3.8) is 0 Å². The van der Waals surface area contributed by atoms with Crippen LogP contribution in [0.4, 0.5) is 19.1 Å². The van der Waals surface area contributed by atoms with E-state index in [0.29, 0.717) is 29.9 Å². The Labute approximate surface area is 243 Å². The maximum atomic E-state index is 14.1. The van der Waals surface area contributed by atoms with Crippen LogP contribution in [0.15, 0.2) is 78.1 Å². The highest BCUT2D eigenvalue weighted by molar-refractivity contribution is 6.33. The number of rotatable bonds is 6. The molecule has 2 aromatic carbocycles. The number of benzene rings is 2. The lowest BCUT2D eigenvalue weighted by Gasteiger charge is -2.23. The van der Waals surface area contributed by atoms with Gasteiger partial charge in [0, 0.05) is 58.7 Å². The first-order valence-corrected chi connectivity index (χ1v) is 13.6. The third kappa shape index (κ3) is 5.70. The first kappa shape index (κ1) is 27.8. The summed E-state index contributed by atoms with van der Waals surface area (Å²) in [4.78, 5) is 31.3. The summed E-state index contributed by atoms with van der Waals surface area (Å²) < 4.78 is 48.4. The summed E-state index contributed by atoms with van der Waals surface area (Å²) in [6, 6.07) is 13.8. The summed E-state index contributed by atoms with van der Waals surface area (Å²) >= 11 is 6.68. The molecule has 6 rings (SSSR count). The third-order valence-corrected chi connectivity index (χ3v) is 7.48. The molecule has 4 heterocycles. The van der Waals surface area contributed by atoms with Crippen LogP contribution in [-0.4, -0.2) is 43.8 Å². The minimum atomic E-state index is -4.60. The van der Waals surface area contributed by atoms with Gasteiger partial charge in [-0.05, 0) is 42.7 Å². The molecule has 0 amide bonds. The van der Waals surface area contributed by atoms with Gasteiger partial charge in [0.05, 0.1) is 17.8 Å². The van der Waals surface area contributed by atoms with Crippen LogP contribution in [0.5, 0.6) is 0 Å². The summed E-state index contributed by atoms with van der Waals surface area (Å²) in [7, 11) is 0. The molecule has 0 radical (unpaired) electrons. The number of anilines is 1. The summed E-state index contributed by atoms with van der Waals surface area (Å²) in [6.07, 6.45) is 1.51. The van der Waals surface area contributed by atoms with E-state index in [-0.39, 0.29) is 40.3 Å². The van der Waals surface area contributed by atoms with E-state index in [1.807, 2.05) is 0 Å². The Bertz CT molecular complexity index is 1810. The van der Waals surface area contributed by atoms with Crippen molar-refractivity contribution >= 4 is 28.6 Å². The molecular weight excluding hydrogens is 569 g/mol. The number of nitrogens with one attached hydrogen (secondary N) is 1. The Morgan fingerprint density at radius 3 is 2.57 bits per heavy atom. The number of alkyl halides is 3. The van der Waals surface area contributed by atoms with Crippen LogP contribution >= 0.6 is 11.6 Å². The Morgan fingerprint density at radius 2 is 1.83 bits per heavy atom. The van der Waals surface area contributed by atoms with E-state index in [9.17, 15) is 18.0 Å². The molecule has 3 aromatic heterocycles. The number of nitrogens with zero attached hydrogens (tertiary/aromatic N) is 5. The quantitative estimate of drug-likeness (QED) is 0.250. The molecule has 5 aromatic rings. The van der Waals surface area contributed by atoms with E-state index in [1.54, 1.807) is 42.7 Å². The number of hydrogen-bond acceptors (Lipinski definition) is 7. The zero-order valence-electron chi connectivity index (χ0n) is 22.1. The van der Waals surface area contributed by atoms with E-state index in [0.717, 1.165) is 24.5 Å². The second kappa shape index (κ2) is 11.5. The number of pyridine rings is 1. The van der Waals surface area contributed by atoms with Crippen LogP contribution in [0.1, 0.15) is 24.0 Å². The highest BCUT2D eigenvalue weighted by Crippen LogP contribution is 2.34. The molecule has 0 spiro atoms. The Kier molecular flexibility index (Phi) is 7.61. The molecule has 0 unspecified atom stereocenters. The fraction of sp³-hybridized carbons (Fsp3) is 0.233. The summed E-state index contributed by atoms with van der Waals surface area (Å²) in [5.74, 6) is 0.284. The van der Waals surface area contributed by atoms with Gasteiger partial charge in [-0.15, -0.1) is 0 Å². The number of aromatic nitrogens is 5. The Hall–Kier alpha value is -4.35. The van der Waals surface area contributed by atoms with Gasteiger partial charge in [0.15, 0.2) is 0 Å². The lowest BCUT2D eigenvalue weighted by atomic mass is 10.0. The maximum Gasteiger partial charge on any atom is 0.416 e. The van der Waals surface area contributed by atoms with Gasteiger partial charge in [-0.3, -0.25) is 9.36 Å². The largest absolute Gasteiger partial charge is 0.416 e. The van der Waals surface area contributed by atoms with Crippen molar-refractivity contribution < 1.29 is 17.9 Å². The van der Waals surface area contributed by atoms with Crippen LogP contribution < -0.4 is 10.9 Å². The molecule has 1 N–H and O–H groups in total. The fourth-order valence-electron chi connectivity index (χ4n) is 5.05. The van der Waals surface area contributed by atoms with Crippen molar-refractivity contribution in [2.75, 3.05) is 18.5 Å². The maximum absolute atomic E-state index is 14.1. The van der Waals surface area contributed by atoms with Crippen LogP contribution in [0.3, 0.4) is 0 Å². The summed E-state index contributed by atoms with van der Waals surface area (Å²) in [5, 5.41) is 4.02. The highest BCUT2D eigenvalue weighted by Gasteiger charge is 2.33. The molecular formula is C30H24ClF3N6O2. The van der Waals surface area contributed by atoms with Crippen molar-refractivity contribution in [3.8, 4) is 22.4 Å². The van der Waals surface area contributed by atoms with E-state index in [1.165, 1.54) is 29.1 Å². The van der Waals surface area contributed by atoms with E-state index in [2.05, 4.69) is 25.3 Å². The second-order valence-electron chi connectivity index (χ2n) is 9.90. The molecule has 214 valence electrons. The molecule has 0 aliphatic carbocycles. The minimum Gasteiger partial charge on any atom is -0.381 e. The topological polar surface area (TPSA) is 94.8 Å². The van der Waals surface area contributed by atoms with E-state index < -0.39 is 17.3 Å². The zero-order chi connectivity index (χ0) is 29.3. The average Bonchev–Trinajstić information content (AvgIpc) is 2.99. The van der Waals surface area contributed by atoms with Crippen molar-refractivity contribution in [1.29, 1.82) is 0 Å². The lowest BCUT2D eigenvalue weighted by Crippen LogP contribution is -2.29. The summed E-state index contributed by atoms with van der Waals surface area (Å²) in [5.41, 5.74) is 0.787. The molecule has 1 aliphatic heterocycles. The molecule has 1 fully saturated rings. The van der Waals surface area contributed by atoms with Gasteiger partial charge in [0.25, 0.3) is 5.56 Å². The lowest BCUT2D eigenvalue weighted by molar-refractivity contribution is -0.138. The highest BCUT2D eigenvalue weighted by atomic mass is 35.5. The van der Waals surface area contributed by atoms with Crippen molar-refractivity contribution in [1.82, 2.24) is 24.5 Å².